The molecule has 0 radical (unpaired) electrons. The van der Waals surface area contributed by atoms with Crippen LogP contribution in [0.2, 0.25) is 0 Å². The van der Waals surface area contributed by atoms with Crippen LogP contribution in [0, 0.1) is 0 Å². The Hall–Kier alpha value is -3.93. The van der Waals surface area contributed by atoms with E-state index < -0.39 is 0 Å². The van der Waals surface area contributed by atoms with E-state index in [0.29, 0.717) is 17.9 Å². The van der Waals surface area contributed by atoms with Gasteiger partial charge in [0.05, 0.1) is 12.8 Å². The standard InChI is InChI=1S/C27H25N3O3/c1-33-19-11-9-18(10-12-19)24(31)13-14-25(32)30-17-15-21-20-6-2-3-7-22(20)29-26(21)27(30)23-8-4-5-16-28-23/h2-12,16,27,29H,13-15,17H2,1H3/t27-/m0/s1. The summed E-state index contributed by atoms with van der Waals surface area (Å²) in [5, 5.41) is 1.19. The van der Waals surface area contributed by atoms with E-state index >= 15 is 0 Å². The highest BCUT2D eigenvalue weighted by atomic mass is 16.5. The number of pyridine rings is 1. The van der Waals surface area contributed by atoms with Crippen molar-refractivity contribution in [3.05, 3.63) is 95.4 Å². The number of carbonyl (C=O) groups excluding carboxylic acids is 2. The van der Waals surface area contributed by atoms with Crippen LogP contribution in [-0.4, -0.2) is 40.2 Å². The van der Waals surface area contributed by atoms with Crippen molar-refractivity contribution in [3.63, 3.8) is 0 Å². The van der Waals surface area contributed by atoms with Crippen LogP contribution in [-0.2, 0) is 11.2 Å². The van der Waals surface area contributed by atoms with Crippen LogP contribution < -0.4 is 4.74 Å². The Bertz CT molecular complexity index is 1300. The van der Waals surface area contributed by atoms with Gasteiger partial charge in [-0.1, -0.05) is 24.3 Å². The molecule has 33 heavy (non-hydrogen) atoms. The number of para-hydroxylation sites is 1. The molecule has 0 bridgehead atoms. The SMILES string of the molecule is COc1ccc(C(=O)CCC(=O)N2CCc3c([nH]c4ccccc34)[C@@H]2c2ccccn2)cc1. The summed E-state index contributed by atoms with van der Waals surface area (Å²) in [5.41, 5.74) is 4.71. The van der Waals surface area contributed by atoms with Gasteiger partial charge in [-0.3, -0.25) is 14.6 Å². The van der Waals surface area contributed by atoms with Crippen LogP contribution in [0.15, 0.2) is 72.9 Å². The summed E-state index contributed by atoms with van der Waals surface area (Å²) >= 11 is 0. The van der Waals surface area contributed by atoms with E-state index in [4.69, 9.17) is 4.74 Å². The molecule has 6 nitrogen and oxygen atoms in total. The highest BCUT2D eigenvalue weighted by Crippen LogP contribution is 2.38. The predicted molar refractivity (Wildman–Crippen MR) is 126 cm³/mol. The van der Waals surface area contributed by atoms with E-state index in [1.807, 2.05) is 35.2 Å². The number of rotatable bonds is 6. The number of ketones is 1. The van der Waals surface area contributed by atoms with Crippen LogP contribution in [0.5, 0.6) is 5.75 Å². The van der Waals surface area contributed by atoms with Gasteiger partial charge in [-0.05, 0) is 54.4 Å². The highest BCUT2D eigenvalue weighted by Gasteiger charge is 2.35. The van der Waals surface area contributed by atoms with Gasteiger partial charge in [-0.2, -0.15) is 0 Å². The second kappa shape index (κ2) is 8.90. The second-order valence-electron chi connectivity index (χ2n) is 8.21. The molecular weight excluding hydrogens is 414 g/mol. The van der Waals surface area contributed by atoms with Crippen LogP contribution in [0.4, 0.5) is 0 Å². The van der Waals surface area contributed by atoms with Crippen molar-refractivity contribution in [1.82, 2.24) is 14.9 Å². The smallest absolute Gasteiger partial charge is 0.223 e. The van der Waals surface area contributed by atoms with Crippen molar-refractivity contribution >= 4 is 22.6 Å². The lowest BCUT2D eigenvalue weighted by molar-refractivity contribution is -0.133. The number of hydrogen-bond donors (Lipinski definition) is 1. The van der Waals surface area contributed by atoms with Gasteiger partial charge < -0.3 is 14.6 Å². The molecule has 6 heteroatoms. The summed E-state index contributed by atoms with van der Waals surface area (Å²) in [7, 11) is 1.59. The number of fused-ring (bicyclic) bond motifs is 3. The Kier molecular flexibility index (Phi) is 5.65. The van der Waals surface area contributed by atoms with Crippen molar-refractivity contribution < 1.29 is 14.3 Å². The molecule has 1 atom stereocenters. The maximum atomic E-state index is 13.4. The first kappa shape index (κ1) is 20.9. The number of benzene rings is 2. The summed E-state index contributed by atoms with van der Waals surface area (Å²) in [6, 6.07) is 20.7. The normalized spacial score (nSPS) is 15.3. The summed E-state index contributed by atoms with van der Waals surface area (Å²) in [4.78, 5) is 36.0. The second-order valence-corrected chi connectivity index (χ2v) is 8.21. The molecule has 0 fully saturated rings. The summed E-state index contributed by atoms with van der Waals surface area (Å²) in [6.45, 7) is 0.589. The van der Waals surface area contributed by atoms with E-state index in [2.05, 4.69) is 22.1 Å². The summed E-state index contributed by atoms with van der Waals surface area (Å²) in [5.74, 6) is 0.601. The third-order valence-corrected chi connectivity index (χ3v) is 6.30. The topological polar surface area (TPSA) is 75.3 Å². The molecule has 0 unspecified atom stereocenters. The number of hydrogen-bond acceptors (Lipinski definition) is 4. The Labute approximate surface area is 192 Å². The molecule has 1 amide bonds. The Morgan fingerprint density at radius 2 is 1.82 bits per heavy atom. The van der Waals surface area contributed by atoms with Crippen LogP contribution in [0.3, 0.4) is 0 Å². The molecule has 0 saturated carbocycles. The lowest BCUT2D eigenvalue weighted by Crippen LogP contribution is -2.41. The number of nitrogens with one attached hydrogen (secondary N) is 1. The number of aromatic nitrogens is 2. The van der Waals surface area contributed by atoms with Gasteiger partial charge in [0.25, 0.3) is 0 Å². The first-order chi connectivity index (χ1) is 16.2. The van der Waals surface area contributed by atoms with Crippen LogP contribution in [0.25, 0.3) is 10.9 Å². The number of carbonyl (C=O) groups is 2. The molecule has 5 rings (SSSR count). The lowest BCUT2D eigenvalue weighted by atomic mass is 9.94. The molecule has 2 aromatic heterocycles. The van der Waals surface area contributed by atoms with Gasteiger partial charge >= 0.3 is 0 Å². The largest absolute Gasteiger partial charge is 0.497 e. The summed E-state index contributed by atoms with van der Waals surface area (Å²) < 4.78 is 5.15. The minimum absolute atomic E-state index is 0.0446. The lowest BCUT2D eigenvalue weighted by Gasteiger charge is -2.35. The van der Waals surface area contributed by atoms with Gasteiger partial charge in [0.1, 0.15) is 11.8 Å². The average Bonchev–Trinajstić information content (AvgIpc) is 3.25. The van der Waals surface area contributed by atoms with Crippen molar-refractivity contribution in [2.24, 2.45) is 0 Å². The fourth-order valence-electron chi connectivity index (χ4n) is 4.64. The van der Waals surface area contributed by atoms with Gasteiger partial charge in [-0.25, -0.2) is 0 Å². The average molecular weight is 440 g/mol. The molecule has 1 aliphatic rings. The number of amides is 1. The van der Waals surface area contributed by atoms with E-state index in [0.717, 1.165) is 23.3 Å². The van der Waals surface area contributed by atoms with Crippen molar-refractivity contribution in [1.29, 1.82) is 0 Å². The molecule has 1 N–H and O–H groups in total. The molecule has 0 spiro atoms. The number of Topliss-reactive ketones (excluding diaryl/α,β-unsaturated/α-hetero) is 1. The van der Waals surface area contributed by atoms with Crippen LogP contribution in [0.1, 0.15) is 46.2 Å². The minimum Gasteiger partial charge on any atom is -0.497 e. The molecule has 4 aromatic rings. The molecule has 2 aromatic carbocycles. The van der Waals surface area contributed by atoms with E-state index in [-0.39, 0.29) is 30.6 Å². The molecule has 0 saturated heterocycles. The number of ether oxygens (including phenoxy) is 1. The van der Waals surface area contributed by atoms with Crippen molar-refractivity contribution in [2.45, 2.75) is 25.3 Å². The van der Waals surface area contributed by atoms with Gasteiger partial charge in [0.2, 0.25) is 5.91 Å². The first-order valence-electron chi connectivity index (χ1n) is 11.1. The zero-order chi connectivity index (χ0) is 22.8. The van der Waals surface area contributed by atoms with Crippen molar-refractivity contribution in [3.8, 4) is 5.75 Å². The number of H-pyrrole nitrogens is 1. The Morgan fingerprint density at radius 1 is 1.03 bits per heavy atom. The Morgan fingerprint density at radius 3 is 2.58 bits per heavy atom. The number of methoxy groups -OCH3 is 1. The van der Waals surface area contributed by atoms with E-state index in [1.54, 1.807) is 37.6 Å². The zero-order valence-electron chi connectivity index (χ0n) is 18.5. The van der Waals surface area contributed by atoms with Gasteiger partial charge in [-0.15, -0.1) is 0 Å². The zero-order valence-corrected chi connectivity index (χ0v) is 18.5. The van der Waals surface area contributed by atoms with E-state index in [1.165, 1.54) is 10.9 Å². The maximum Gasteiger partial charge on any atom is 0.223 e. The molecule has 0 aliphatic carbocycles. The third kappa shape index (κ3) is 4.00. The van der Waals surface area contributed by atoms with Crippen LogP contribution >= 0.6 is 0 Å². The number of nitrogens with zero attached hydrogens (tertiary/aromatic N) is 2. The van der Waals surface area contributed by atoms with Crippen molar-refractivity contribution in [2.75, 3.05) is 13.7 Å². The number of aromatic amines is 1. The quantitative estimate of drug-likeness (QED) is 0.442. The fraction of sp³-hybridized carbons (Fsp3) is 0.222. The third-order valence-electron chi connectivity index (χ3n) is 6.30. The van der Waals surface area contributed by atoms with E-state index in [9.17, 15) is 9.59 Å². The fourth-order valence-corrected chi connectivity index (χ4v) is 4.64. The maximum absolute atomic E-state index is 13.4. The first-order valence-corrected chi connectivity index (χ1v) is 11.1. The van der Waals surface area contributed by atoms with Gasteiger partial charge in [0, 0.05) is 47.7 Å². The molecular formula is C27H25N3O3. The van der Waals surface area contributed by atoms with Gasteiger partial charge in [0.15, 0.2) is 5.78 Å². The Balaban J connectivity index is 1.40. The molecule has 3 heterocycles. The predicted octanol–water partition coefficient (Wildman–Crippen LogP) is 4.71. The molecule has 166 valence electrons. The minimum atomic E-state index is -0.300. The molecule has 1 aliphatic heterocycles. The highest BCUT2D eigenvalue weighted by molar-refractivity contribution is 5.98. The summed E-state index contributed by atoms with van der Waals surface area (Å²) in [6.07, 6.45) is 2.84. The monoisotopic (exact) mass is 439 g/mol.